The number of anilines is 2. The number of amides is 2. The third-order valence-electron chi connectivity index (χ3n) is 12.1. The van der Waals surface area contributed by atoms with Crippen LogP contribution in [0.1, 0.15) is 67.2 Å². The molecule has 0 spiro atoms. The number of hydrogen-bond donors (Lipinski definition) is 2. The fraction of sp³-hybridized carbons (Fsp3) is 0.529. The Bertz CT molecular complexity index is 1510. The molecule has 2 aromatic carbocycles. The van der Waals surface area contributed by atoms with Crippen molar-refractivity contribution in [3.05, 3.63) is 36.4 Å². The number of hydrogen-bond acceptors (Lipinski definition) is 8. The second-order valence-corrected chi connectivity index (χ2v) is 14.1. The van der Waals surface area contributed by atoms with Crippen molar-refractivity contribution in [1.29, 1.82) is 0 Å². The molecule has 10 heteroatoms. The molecule has 4 aliphatic rings. The molecule has 2 amide bonds. The average Bonchev–Trinajstić information content (AvgIpc) is 3.45. The Kier molecular flexibility index (Phi) is 6.28. The van der Waals surface area contributed by atoms with Gasteiger partial charge in [0.2, 0.25) is 0 Å². The molecule has 2 saturated heterocycles. The van der Waals surface area contributed by atoms with Gasteiger partial charge in [0.15, 0.2) is 11.2 Å². The lowest BCUT2D eigenvalue weighted by atomic mass is 9.66. The molecule has 10 nitrogen and oxygen atoms in total. The van der Waals surface area contributed by atoms with Crippen LogP contribution in [0.25, 0.3) is 11.1 Å². The summed E-state index contributed by atoms with van der Waals surface area (Å²) in [6.45, 7) is 11.4. The first-order chi connectivity index (χ1) is 20.5. The van der Waals surface area contributed by atoms with E-state index >= 15 is 0 Å². The average molecular weight is 605 g/mol. The summed E-state index contributed by atoms with van der Waals surface area (Å²) in [5.41, 5.74) is -2.79. The first kappa shape index (κ1) is 30.0. The van der Waals surface area contributed by atoms with E-state index in [1.54, 1.807) is 24.3 Å². The lowest BCUT2D eigenvalue weighted by Crippen LogP contribution is -2.50. The summed E-state index contributed by atoms with van der Waals surface area (Å²) in [5, 5.41) is 5.90. The molecule has 2 N–H and O–H groups in total. The van der Waals surface area contributed by atoms with E-state index < -0.39 is 32.9 Å². The SMILES string of the molecule is COc1cc(-c2ccc(NC(=O)[C@]34CC[C@](C)(C(=O)O3)C4(C)C)c(OC)c2)ccc1NC(=O)[C@]12CC[C@@](C)(C(=O)O1)C2(C)C. The fourth-order valence-corrected chi connectivity index (χ4v) is 7.89. The van der Waals surface area contributed by atoms with E-state index in [0.29, 0.717) is 48.6 Å². The van der Waals surface area contributed by atoms with Crippen LogP contribution < -0.4 is 20.1 Å². The van der Waals surface area contributed by atoms with Gasteiger partial charge in [-0.15, -0.1) is 0 Å². The Morgan fingerprint density at radius 1 is 0.636 bits per heavy atom. The van der Waals surface area contributed by atoms with Crippen LogP contribution in [0.2, 0.25) is 0 Å². The Morgan fingerprint density at radius 3 is 1.27 bits per heavy atom. The minimum atomic E-state index is -1.25. The summed E-state index contributed by atoms with van der Waals surface area (Å²) in [5.74, 6) is -0.560. The number of carbonyl (C=O) groups is 4. The monoisotopic (exact) mass is 604 g/mol. The standard InChI is InChI=1S/C34H40N2O8/c1-29(2)31(5)13-15-33(29,43-27(31)39)25(37)35-21-11-9-19(17-23(21)41-7)20-10-12-22(24(18-20)42-8)36-26(38)34-16-14-32(6,28(40)44-34)30(34,3)4/h9-12,17-18H,13-16H2,1-8H3,(H,35,37)(H,36,38)/t31-,32+,33-,34-/m0/s1. The molecule has 234 valence electrons. The summed E-state index contributed by atoms with van der Waals surface area (Å²) < 4.78 is 22.8. The van der Waals surface area contributed by atoms with Crippen molar-refractivity contribution >= 4 is 35.1 Å². The van der Waals surface area contributed by atoms with Gasteiger partial charge in [0.25, 0.3) is 11.8 Å². The molecule has 0 radical (unpaired) electrons. The van der Waals surface area contributed by atoms with Crippen LogP contribution in [0, 0.1) is 21.7 Å². The highest BCUT2D eigenvalue weighted by molar-refractivity contribution is 6.05. The van der Waals surface area contributed by atoms with Gasteiger partial charge in [-0.2, -0.15) is 0 Å². The summed E-state index contributed by atoms with van der Waals surface area (Å²) >= 11 is 0. The van der Waals surface area contributed by atoms with Crippen molar-refractivity contribution in [2.24, 2.45) is 21.7 Å². The third kappa shape index (κ3) is 3.48. The molecule has 0 aromatic heterocycles. The molecule has 2 aliphatic carbocycles. The number of fused-ring (bicyclic) bond motifs is 4. The molecule has 4 fully saturated rings. The van der Waals surface area contributed by atoms with E-state index in [1.807, 2.05) is 53.7 Å². The molecule has 44 heavy (non-hydrogen) atoms. The first-order valence-corrected chi connectivity index (χ1v) is 15.0. The van der Waals surface area contributed by atoms with Crippen LogP contribution in [0.4, 0.5) is 11.4 Å². The van der Waals surface area contributed by atoms with E-state index in [0.717, 1.165) is 11.1 Å². The van der Waals surface area contributed by atoms with Crippen LogP contribution in [0.3, 0.4) is 0 Å². The van der Waals surface area contributed by atoms with Gasteiger partial charge in [-0.25, -0.2) is 0 Å². The molecule has 2 heterocycles. The second kappa shape index (κ2) is 9.22. The van der Waals surface area contributed by atoms with Gasteiger partial charge in [-0.1, -0.05) is 39.8 Å². The van der Waals surface area contributed by atoms with E-state index in [2.05, 4.69) is 10.6 Å². The number of esters is 2. The van der Waals surface area contributed by atoms with Crippen LogP contribution in [-0.4, -0.2) is 49.2 Å². The van der Waals surface area contributed by atoms with Crippen molar-refractivity contribution < 1.29 is 38.1 Å². The predicted octanol–water partition coefficient (Wildman–Crippen LogP) is 5.49. The molecular formula is C34H40N2O8. The zero-order valence-electron chi connectivity index (χ0n) is 26.6. The smallest absolute Gasteiger partial charge is 0.313 e. The first-order valence-electron chi connectivity index (χ1n) is 15.0. The maximum atomic E-state index is 13.6. The molecule has 0 unspecified atom stereocenters. The number of nitrogens with one attached hydrogen (secondary N) is 2. The van der Waals surface area contributed by atoms with Crippen LogP contribution >= 0.6 is 0 Å². The number of ether oxygens (including phenoxy) is 4. The van der Waals surface area contributed by atoms with Crippen molar-refractivity contribution in [3.63, 3.8) is 0 Å². The minimum absolute atomic E-state index is 0.339. The minimum Gasteiger partial charge on any atom is -0.495 e. The Morgan fingerprint density at radius 2 is 1.00 bits per heavy atom. The van der Waals surface area contributed by atoms with Crippen LogP contribution in [0.5, 0.6) is 11.5 Å². The lowest BCUT2D eigenvalue weighted by Gasteiger charge is -2.35. The summed E-state index contributed by atoms with van der Waals surface area (Å²) in [7, 11) is 3.03. The van der Waals surface area contributed by atoms with Crippen LogP contribution in [-0.2, 0) is 28.7 Å². The van der Waals surface area contributed by atoms with Gasteiger partial charge in [0.05, 0.1) is 36.4 Å². The second-order valence-electron chi connectivity index (χ2n) is 14.1. The third-order valence-corrected chi connectivity index (χ3v) is 12.1. The van der Waals surface area contributed by atoms with Gasteiger partial charge in [-0.3, -0.25) is 19.2 Å². The predicted molar refractivity (Wildman–Crippen MR) is 162 cm³/mol. The fourth-order valence-electron chi connectivity index (χ4n) is 7.89. The molecule has 6 rings (SSSR count). The van der Waals surface area contributed by atoms with Gasteiger partial charge in [0.1, 0.15) is 11.5 Å². The van der Waals surface area contributed by atoms with Gasteiger partial charge in [0, 0.05) is 10.8 Å². The Labute approximate surface area is 257 Å². The quantitative estimate of drug-likeness (QED) is 0.397. The maximum Gasteiger partial charge on any atom is 0.313 e. The summed E-state index contributed by atoms with van der Waals surface area (Å²) in [6.07, 6.45) is 2.09. The molecule has 2 saturated carbocycles. The topological polar surface area (TPSA) is 129 Å². The Hall–Kier alpha value is -4.08. The van der Waals surface area contributed by atoms with E-state index in [4.69, 9.17) is 18.9 Å². The molecule has 4 bridgehead atoms. The number of benzene rings is 2. The number of rotatable bonds is 7. The number of methoxy groups -OCH3 is 2. The van der Waals surface area contributed by atoms with Gasteiger partial charge >= 0.3 is 11.9 Å². The molecule has 4 atom stereocenters. The lowest BCUT2D eigenvalue weighted by molar-refractivity contribution is -0.166. The normalized spacial score (nSPS) is 32.2. The van der Waals surface area contributed by atoms with Gasteiger partial charge < -0.3 is 29.6 Å². The highest BCUT2D eigenvalue weighted by Crippen LogP contribution is 2.67. The van der Waals surface area contributed by atoms with E-state index in [1.165, 1.54) is 14.2 Å². The van der Waals surface area contributed by atoms with E-state index in [-0.39, 0.29) is 23.8 Å². The van der Waals surface area contributed by atoms with Gasteiger partial charge in [-0.05, 0) is 74.9 Å². The van der Waals surface area contributed by atoms with Crippen molar-refractivity contribution in [1.82, 2.24) is 0 Å². The maximum absolute atomic E-state index is 13.6. The Balaban J connectivity index is 1.24. The summed E-state index contributed by atoms with van der Waals surface area (Å²) in [4.78, 5) is 52.6. The molecular weight excluding hydrogens is 564 g/mol. The number of carbonyl (C=O) groups excluding carboxylic acids is 4. The van der Waals surface area contributed by atoms with Crippen molar-refractivity contribution in [2.75, 3.05) is 24.9 Å². The zero-order chi connectivity index (χ0) is 32.1. The van der Waals surface area contributed by atoms with Crippen molar-refractivity contribution in [2.45, 2.75) is 78.4 Å². The largest absolute Gasteiger partial charge is 0.495 e. The summed E-state index contributed by atoms with van der Waals surface area (Å²) in [6, 6.07) is 10.8. The molecule has 2 aliphatic heterocycles. The van der Waals surface area contributed by atoms with Crippen LogP contribution in [0.15, 0.2) is 36.4 Å². The molecule has 2 aromatic rings. The highest BCUT2D eigenvalue weighted by atomic mass is 16.6. The van der Waals surface area contributed by atoms with E-state index in [9.17, 15) is 19.2 Å². The van der Waals surface area contributed by atoms with Crippen molar-refractivity contribution in [3.8, 4) is 22.6 Å². The highest BCUT2D eigenvalue weighted by Gasteiger charge is 2.76. The zero-order valence-corrected chi connectivity index (χ0v) is 26.6.